The minimum atomic E-state index is 0.0982. The Labute approximate surface area is 126 Å². The SMILES string of the molecule is Cc1cnn(CCCNC(=O)N2C[C@H]3CC=CC[C@H]3C2)c1. The van der Waals surface area contributed by atoms with E-state index in [1.165, 1.54) is 5.56 Å². The van der Waals surface area contributed by atoms with Crippen LogP contribution >= 0.6 is 0 Å². The van der Waals surface area contributed by atoms with E-state index >= 15 is 0 Å². The number of rotatable bonds is 4. The highest BCUT2D eigenvalue weighted by Crippen LogP contribution is 2.32. The maximum Gasteiger partial charge on any atom is 0.317 e. The Morgan fingerprint density at radius 1 is 1.33 bits per heavy atom. The molecule has 0 aromatic carbocycles. The smallest absolute Gasteiger partial charge is 0.317 e. The van der Waals surface area contributed by atoms with Crippen molar-refractivity contribution in [2.24, 2.45) is 11.8 Å². The van der Waals surface area contributed by atoms with Gasteiger partial charge in [-0.3, -0.25) is 4.68 Å². The first-order chi connectivity index (χ1) is 10.2. The molecule has 2 aliphatic rings. The van der Waals surface area contributed by atoms with Crippen LogP contribution < -0.4 is 5.32 Å². The Morgan fingerprint density at radius 2 is 2.05 bits per heavy atom. The summed E-state index contributed by atoms with van der Waals surface area (Å²) in [7, 11) is 0. The molecule has 0 unspecified atom stereocenters. The van der Waals surface area contributed by atoms with E-state index < -0.39 is 0 Å². The quantitative estimate of drug-likeness (QED) is 0.682. The summed E-state index contributed by atoms with van der Waals surface area (Å²) in [6.07, 6.45) is 11.6. The van der Waals surface area contributed by atoms with Crippen molar-refractivity contribution in [3.63, 3.8) is 0 Å². The van der Waals surface area contributed by atoms with E-state index in [1.54, 1.807) is 0 Å². The van der Waals surface area contributed by atoms with Gasteiger partial charge in [-0.2, -0.15) is 5.10 Å². The molecule has 1 N–H and O–H groups in total. The topological polar surface area (TPSA) is 50.2 Å². The first-order valence-corrected chi connectivity index (χ1v) is 7.89. The number of hydrogen-bond acceptors (Lipinski definition) is 2. The maximum atomic E-state index is 12.2. The third-order valence-electron chi connectivity index (χ3n) is 4.51. The molecule has 1 saturated heterocycles. The standard InChI is InChI=1S/C16H24N4O/c1-13-9-18-20(10-13)8-4-7-17-16(21)19-11-14-5-2-3-6-15(14)12-19/h2-3,9-10,14-15H,4-8,11-12H2,1H3,(H,17,21)/t14-,15+. The predicted octanol–water partition coefficient (Wildman–Crippen LogP) is 2.19. The van der Waals surface area contributed by atoms with Crippen LogP contribution in [0.1, 0.15) is 24.8 Å². The largest absolute Gasteiger partial charge is 0.338 e. The lowest BCUT2D eigenvalue weighted by Gasteiger charge is -2.17. The molecule has 5 nitrogen and oxygen atoms in total. The van der Waals surface area contributed by atoms with Gasteiger partial charge in [0.25, 0.3) is 0 Å². The number of urea groups is 1. The minimum Gasteiger partial charge on any atom is -0.338 e. The maximum absolute atomic E-state index is 12.2. The zero-order valence-electron chi connectivity index (χ0n) is 12.7. The van der Waals surface area contributed by atoms with Gasteiger partial charge in [0.05, 0.1) is 6.20 Å². The van der Waals surface area contributed by atoms with Crippen molar-refractivity contribution in [2.45, 2.75) is 32.7 Å². The van der Waals surface area contributed by atoms with Crippen LogP contribution in [0.15, 0.2) is 24.5 Å². The Morgan fingerprint density at radius 3 is 2.67 bits per heavy atom. The van der Waals surface area contributed by atoms with Crippen molar-refractivity contribution in [3.8, 4) is 0 Å². The molecular weight excluding hydrogens is 264 g/mol. The van der Waals surface area contributed by atoms with Crippen molar-refractivity contribution >= 4 is 6.03 Å². The van der Waals surface area contributed by atoms with Gasteiger partial charge < -0.3 is 10.2 Å². The van der Waals surface area contributed by atoms with Gasteiger partial charge in [-0.1, -0.05) is 12.2 Å². The summed E-state index contributed by atoms with van der Waals surface area (Å²) in [4.78, 5) is 14.2. The molecule has 2 heterocycles. The summed E-state index contributed by atoms with van der Waals surface area (Å²) in [5.74, 6) is 1.35. The number of nitrogens with zero attached hydrogens (tertiary/aromatic N) is 3. The second-order valence-electron chi connectivity index (χ2n) is 6.23. The van der Waals surface area contributed by atoms with E-state index in [1.807, 2.05) is 28.9 Å². The van der Waals surface area contributed by atoms with Gasteiger partial charge in [-0.15, -0.1) is 0 Å². The van der Waals surface area contributed by atoms with Crippen molar-refractivity contribution < 1.29 is 4.79 Å². The molecule has 3 rings (SSSR count). The third kappa shape index (κ3) is 3.46. The molecule has 1 aliphatic carbocycles. The lowest BCUT2D eigenvalue weighted by Crippen LogP contribution is -2.39. The van der Waals surface area contributed by atoms with E-state index in [2.05, 4.69) is 22.6 Å². The Kier molecular flexibility index (Phi) is 4.27. The van der Waals surface area contributed by atoms with Gasteiger partial charge in [0.15, 0.2) is 0 Å². The number of carbonyl (C=O) groups excluding carboxylic acids is 1. The molecule has 0 radical (unpaired) electrons. The monoisotopic (exact) mass is 288 g/mol. The molecule has 0 spiro atoms. The van der Waals surface area contributed by atoms with Crippen LogP contribution in [0.3, 0.4) is 0 Å². The average molecular weight is 288 g/mol. The van der Waals surface area contributed by atoms with Crippen LogP contribution in [-0.2, 0) is 6.54 Å². The predicted molar refractivity (Wildman–Crippen MR) is 81.9 cm³/mol. The van der Waals surface area contributed by atoms with Crippen molar-refractivity contribution in [1.29, 1.82) is 0 Å². The lowest BCUT2D eigenvalue weighted by molar-refractivity contribution is 0.206. The lowest BCUT2D eigenvalue weighted by atomic mass is 9.86. The molecule has 0 saturated carbocycles. The normalized spacial score (nSPS) is 24.1. The number of allylic oxidation sites excluding steroid dienone is 2. The van der Waals surface area contributed by atoms with Gasteiger partial charge in [0.2, 0.25) is 0 Å². The van der Waals surface area contributed by atoms with Gasteiger partial charge in [0.1, 0.15) is 0 Å². The number of aromatic nitrogens is 2. The van der Waals surface area contributed by atoms with Crippen molar-refractivity contribution in [1.82, 2.24) is 20.0 Å². The fraction of sp³-hybridized carbons (Fsp3) is 0.625. The molecule has 1 aliphatic heterocycles. The van der Waals surface area contributed by atoms with Crippen LogP contribution in [0, 0.1) is 18.8 Å². The number of aryl methyl sites for hydroxylation is 2. The van der Waals surface area contributed by atoms with Crippen LogP contribution in [0.25, 0.3) is 0 Å². The number of amides is 2. The second-order valence-corrected chi connectivity index (χ2v) is 6.23. The molecule has 114 valence electrons. The summed E-state index contributed by atoms with van der Waals surface area (Å²) < 4.78 is 1.93. The van der Waals surface area contributed by atoms with Gasteiger partial charge >= 0.3 is 6.03 Å². The zero-order chi connectivity index (χ0) is 14.7. The summed E-state index contributed by atoms with van der Waals surface area (Å²) in [6, 6.07) is 0.0982. The Balaban J connectivity index is 1.37. The molecule has 0 bridgehead atoms. The number of fused-ring (bicyclic) bond motifs is 1. The molecule has 21 heavy (non-hydrogen) atoms. The van der Waals surface area contributed by atoms with Crippen LogP contribution in [0.2, 0.25) is 0 Å². The van der Waals surface area contributed by atoms with Crippen molar-refractivity contribution in [3.05, 3.63) is 30.1 Å². The van der Waals surface area contributed by atoms with Gasteiger partial charge in [0, 0.05) is 32.4 Å². The Hall–Kier alpha value is -1.78. The number of hydrogen-bond donors (Lipinski definition) is 1. The number of nitrogens with one attached hydrogen (secondary N) is 1. The Bertz CT molecular complexity index is 506. The van der Waals surface area contributed by atoms with E-state index in [0.29, 0.717) is 18.4 Å². The fourth-order valence-corrected chi connectivity index (χ4v) is 3.32. The molecule has 2 amide bonds. The summed E-state index contributed by atoms with van der Waals surface area (Å²) in [5.41, 5.74) is 1.17. The van der Waals surface area contributed by atoms with Gasteiger partial charge in [-0.25, -0.2) is 4.79 Å². The summed E-state index contributed by atoms with van der Waals surface area (Å²) in [6.45, 7) is 5.43. The van der Waals surface area contributed by atoms with Gasteiger partial charge in [-0.05, 0) is 43.6 Å². The molecule has 1 aromatic heterocycles. The highest BCUT2D eigenvalue weighted by Gasteiger charge is 2.34. The van der Waals surface area contributed by atoms with E-state index in [4.69, 9.17) is 0 Å². The molecule has 2 atom stereocenters. The minimum absolute atomic E-state index is 0.0982. The first-order valence-electron chi connectivity index (χ1n) is 7.89. The molecule has 5 heteroatoms. The summed E-state index contributed by atoms with van der Waals surface area (Å²) in [5, 5.41) is 7.28. The number of likely N-dealkylation sites (tertiary alicyclic amines) is 1. The van der Waals surface area contributed by atoms with Crippen LogP contribution in [0.5, 0.6) is 0 Å². The average Bonchev–Trinajstić information content (AvgIpc) is 3.09. The van der Waals surface area contributed by atoms with E-state index in [-0.39, 0.29) is 6.03 Å². The third-order valence-corrected chi connectivity index (χ3v) is 4.51. The highest BCUT2D eigenvalue weighted by molar-refractivity contribution is 5.74. The second kappa shape index (κ2) is 6.33. The zero-order valence-corrected chi connectivity index (χ0v) is 12.7. The van der Waals surface area contributed by atoms with E-state index in [9.17, 15) is 4.79 Å². The van der Waals surface area contributed by atoms with Crippen LogP contribution in [0.4, 0.5) is 4.79 Å². The molecule has 1 aromatic rings. The number of carbonyl (C=O) groups is 1. The van der Waals surface area contributed by atoms with Crippen molar-refractivity contribution in [2.75, 3.05) is 19.6 Å². The highest BCUT2D eigenvalue weighted by atomic mass is 16.2. The summed E-state index contributed by atoms with van der Waals surface area (Å²) >= 11 is 0. The van der Waals surface area contributed by atoms with E-state index in [0.717, 1.165) is 38.9 Å². The fourth-order valence-electron chi connectivity index (χ4n) is 3.32. The first kappa shape index (κ1) is 14.2. The molecular formula is C16H24N4O. The molecule has 1 fully saturated rings. The van der Waals surface area contributed by atoms with Crippen LogP contribution in [-0.4, -0.2) is 40.3 Å².